The van der Waals surface area contributed by atoms with E-state index < -0.39 is 4.92 Å². The molecule has 2 aromatic carbocycles. The molecule has 21 heavy (non-hydrogen) atoms. The van der Waals surface area contributed by atoms with Crippen molar-refractivity contribution in [2.24, 2.45) is 0 Å². The molecule has 0 saturated heterocycles. The summed E-state index contributed by atoms with van der Waals surface area (Å²) in [6.07, 6.45) is 0. The molecule has 5 heteroatoms. The van der Waals surface area contributed by atoms with Crippen LogP contribution in [0.15, 0.2) is 30.3 Å². The first-order valence-corrected chi connectivity index (χ1v) is 6.37. The monoisotopic (exact) mass is 282 g/mol. The predicted molar refractivity (Wildman–Crippen MR) is 78.5 cm³/mol. The Kier molecular flexibility index (Phi) is 3.90. The SMILES string of the molecule is Cc1ccc(C)c(Oc2ccc([N+](=O)[O-])cc2C#N)c1C. The highest BCUT2D eigenvalue weighted by Crippen LogP contribution is 2.33. The van der Waals surface area contributed by atoms with Crippen molar-refractivity contribution in [1.82, 2.24) is 0 Å². The molecular formula is C16H14N2O3. The molecule has 0 radical (unpaired) electrons. The Morgan fingerprint density at radius 1 is 1.14 bits per heavy atom. The largest absolute Gasteiger partial charge is 0.455 e. The van der Waals surface area contributed by atoms with Crippen LogP contribution in [-0.4, -0.2) is 4.92 Å². The Balaban J connectivity index is 2.48. The number of hydrogen-bond donors (Lipinski definition) is 0. The van der Waals surface area contributed by atoms with Crippen molar-refractivity contribution in [2.75, 3.05) is 0 Å². The van der Waals surface area contributed by atoms with Crippen LogP contribution in [-0.2, 0) is 0 Å². The summed E-state index contributed by atoms with van der Waals surface area (Å²) in [7, 11) is 0. The van der Waals surface area contributed by atoms with Crippen LogP contribution >= 0.6 is 0 Å². The molecule has 0 spiro atoms. The summed E-state index contributed by atoms with van der Waals surface area (Å²) in [6.45, 7) is 5.83. The first kappa shape index (κ1) is 14.5. The number of benzene rings is 2. The first-order chi connectivity index (χ1) is 9.93. The number of nitriles is 1. The molecule has 106 valence electrons. The number of nitro groups is 1. The van der Waals surface area contributed by atoms with Crippen molar-refractivity contribution in [3.8, 4) is 17.6 Å². The van der Waals surface area contributed by atoms with Crippen molar-refractivity contribution in [2.45, 2.75) is 20.8 Å². The van der Waals surface area contributed by atoms with Gasteiger partial charge in [-0.15, -0.1) is 0 Å². The molecule has 0 atom stereocenters. The zero-order valence-corrected chi connectivity index (χ0v) is 12.0. The molecule has 2 aromatic rings. The fourth-order valence-corrected chi connectivity index (χ4v) is 2.00. The number of ether oxygens (including phenoxy) is 1. The Labute approximate surface area is 122 Å². The van der Waals surface area contributed by atoms with E-state index in [9.17, 15) is 10.1 Å². The molecule has 0 N–H and O–H groups in total. The number of aryl methyl sites for hydroxylation is 2. The topological polar surface area (TPSA) is 76.2 Å². The molecule has 0 amide bonds. The first-order valence-electron chi connectivity index (χ1n) is 6.37. The van der Waals surface area contributed by atoms with Crippen LogP contribution in [0.1, 0.15) is 22.3 Å². The van der Waals surface area contributed by atoms with Gasteiger partial charge in [-0.05, 0) is 43.5 Å². The van der Waals surface area contributed by atoms with Crippen molar-refractivity contribution in [1.29, 1.82) is 5.26 Å². The lowest BCUT2D eigenvalue weighted by Gasteiger charge is -2.14. The van der Waals surface area contributed by atoms with Gasteiger partial charge in [-0.1, -0.05) is 12.1 Å². The van der Waals surface area contributed by atoms with Gasteiger partial charge in [0.15, 0.2) is 0 Å². The lowest BCUT2D eigenvalue weighted by atomic mass is 10.1. The van der Waals surface area contributed by atoms with Crippen molar-refractivity contribution in [3.05, 3.63) is 62.7 Å². The summed E-state index contributed by atoms with van der Waals surface area (Å²) >= 11 is 0. The Bertz CT molecular complexity index is 761. The molecule has 0 aromatic heterocycles. The fraction of sp³-hybridized carbons (Fsp3) is 0.188. The molecule has 0 saturated carbocycles. The predicted octanol–water partition coefficient (Wildman–Crippen LogP) is 4.18. The van der Waals surface area contributed by atoms with Gasteiger partial charge in [0.2, 0.25) is 0 Å². The Morgan fingerprint density at radius 3 is 2.43 bits per heavy atom. The summed E-state index contributed by atoms with van der Waals surface area (Å²) in [5.41, 5.74) is 3.02. The summed E-state index contributed by atoms with van der Waals surface area (Å²) in [4.78, 5) is 10.2. The lowest BCUT2D eigenvalue weighted by molar-refractivity contribution is -0.384. The maximum absolute atomic E-state index is 10.7. The average molecular weight is 282 g/mol. The molecule has 0 unspecified atom stereocenters. The normalized spacial score (nSPS) is 10.0. The van der Waals surface area contributed by atoms with Crippen LogP contribution in [0, 0.1) is 42.2 Å². The van der Waals surface area contributed by atoms with Gasteiger partial charge in [0.25, 0.3) is 5.69 Å². The summed E-state index contributed by atoms with van der Waals surface area (Å²) in [5.74, 6) is 1.00. The van der Waals surface area contributed by atoms with Crippen LogP contribution in [0.2, 0.25) is 0 Å². The summed E-state index contributed by atoms with van der Waals surface area (Å²) in [6, 6.07) is 9.88. The third kappa shape index (κ3) is 2.84. The van der Waals surface area contributed by atoms with E-state index in [4.69, 9.17) is 10.00 Å². The number of nitrogens with zero attached hydrogens (tertiary/aromatic N) is 2. The van der Waals surface area contributed by atoms with Gasteiger partial charge in [-0.2, -0.15) is 5.26 Å². The standard InChI is InChI=1S/C16H14N2O3/c1-10-4-5-11(2)16(12(10)3)21-15-7-6-14(18(19)20)8-13(15)9-17/h4-8H,1-3H3. The minimum absolute atomic E-state index is 0.128. The Hall–Kier alpha value is -2.87. The third-order valence-corrected chi connectivity index (χ3v) is 3.38. The number of rotatable bonds is 3. The van der Waals surface area contributed by atoms with Crippen LogP contribution in [0.5, 0.6) is 11.5 Å². The fourth-order valence-electron chi connectivity index (χ4n) is 2.00. The molecule has 0 bridgehead atoms. The van der Waals surface area contributed by atoms with Crippen molar-refractivity contribution in [3.63, 3.8) is 0 Å². The number of hydrogen-bond acceptors (Lipinski definition) is 4. The van der Waals surface area contributed by atoms with Crippen molar-refractivity contribution < 1.29 is 9.66 Å². The van der Waals surface area contributed by atoms with E-state index in [1.54, 1.807) is 0 Å². The number of non-ortho nitro benzene ring substituents is 1. The van der Waals surface area contributed by atoms with E-state index in [1.165, 1.54) is 18.2 Å². The highest BCUT2D eigenvalue weighted by Gasteiger charge is 2.14. The van der Waals surface area contributed by atoms with E-state index in [2.05, 4.69) is 0 Å². The van der Waals surface area contributed by atoms with Gasteiger partial charge in [0, 0.05) is 12.1 Å². The minimum Gasteiger partial charge on any atom is -0.455 e. The van der Waals surface area contributed by atoms with Crippen LogP contribution < -0.4 is 4.74 Å². The molecule has 2 rings (SSSR count). The molecule has 0 heterocycles. The quantitative estimate of drug-likeness (QED) is 0.625. The zero-order valence-electron chi connectivity index (χ0n) is 12.0. The maximum atomic E-state index is 10.7. The van der Waals surface area contributed by atoms with Gasteiger partial charge in [-0.3, -0.25) is 10.1 Å². The molecule has 5 nitrogen and oxygen atoms in total. The zero-order chi connectivity index (χ0) is 15.6. The van der Waals surface area contributed by atoms with E-state index >= 15 is 0 Å². The maximum Gasteiger partial charge on any atom is 0.271 e. The molecule has 0 aliphatic heterocycles. The smallest absolute Gasteiger partial charge is 0.271 e. The third-order valence-electron chi connectivity index (χ3n) is 3.38. The Morgan fingerprint density at radius 2 is 1.81 bits per heavy atom. The summed E-state index contributed by atoms with van der Waals surface area (Å²) in [5, 5.41) is 19.9. The van der Waals surface area contributed by atoms with Gasteiger partial charge >= 0.3 is 0 Å². The van der Waals surface area contributed by atoms with Gasteiger partial charge in [0.1, 0.15) is 23.1 Å². The van der Waals surface area contributed by atoms with Gasteiger partial charge in [-0.25, -0.2) is 0 Å². The average Bonchev–Trinajstić information content (AvgIpc) is 2.47. The van der Waals surface area contributed by atoms with E-state index in [-0.39, 0.29) is 11.3 Å². The highest BCUT2D eigenvalue weighted by molar-refractivity contribution is 5.54. The molecule has 0 fully saturated rings. The van der Waals surface area contributed by atoms with E-state index in [0.717, 1.165) is 16.7 Å². The highest BCUT2D eigenvalue weighted by atomic mass is 16.6. The second-order valence-corrected chi connectivity index (χ2v) is 4.80. The van der Waals surface area contributed by atoms with Crippen molar-refractivity contribution >= 4 is 5.69 Å². The van der Waals surface area contributed by atoms with Gasteiger partial charge < -0.3 is 4.74 Å². The van der Waals surface area contributed by atoms with E-state index in [1.807, 2.05) is 39.0 Å². The molecule has 0 aliphatic rings. The second kappa shape index (κ2) is 5.63. The van der Waals surface area contributed by atoms with Gasteiger partial charge in [0.05, 0.1) is 4.92 Å². The van der Waals surface area contributed by atoms with Crippen LogP contribution in [0.4, 0.5) is 5.69 Å². The molecule has 0 aliphatic carbocycles. The van der Waals surface area contributed by atoms with Crippen LogP contribution in [0.3, 0.4) is 0 Å². The molecular weight excluding hydrogens is 268 g/mol. The second-order valence-electron chi connectivity index (χ2n) is 4.80. The van der Waals surface area contributed by atoms with E-state index in [0.29, 0.717) is 11.5 Å². The lowest BCUT2D eigenvalue weighted by Crippen LogP contribution is -1.96. The minimum atomic E-state index is -0.534. The van der Waals surface area contributed by atoms with Crippen LogP contribution in [0.25, 0.3) is 0 Å². The number of nitro benzene ring substituents is 1. The summed E-state index contributed by atoms with van der Waals surface area (Å²) < 4.78 is 5.83.